The second-order valence-corrected chi connectivity index (χ2v) is 4.14. The fourth-order valence-corrected chi connectivity index (χ4v) is 1.73. The van der Waals surface area contributed by atoms with E-state index in [1.165, 1.54) is 6.33 Å². The molecule has 0 radical (unpaired) electrons. The molecule has 0 aliphatic carbocycles. The summed E-state index contributed by atoms with van der Waals surface area (Å²) in [6, 6.07) is 0. The van der Waals surface area contributed by atoms with Gasteiger partial charge in [0.2, 0.25) is 5.82 Å². The molecule has 1 aromatic rings. The number of aromatic nitrogens is 2. The highest BCUT2D eigenvalue weighted by Crippen LogP contribution is 2.19. The summed E-state index contributed by atoms with van der Waals surface area (Å²) in [4.78, 5) is 20.7. The lowest BCUT2D eigenvalue weighted by molar-refractivity contribution is 0.0788. The van der Waals surface area contributed by atoms with Crippen LogP contribution in [0, 0.1) is 0 Å². The predicted molar refractivity (Wildman–Crippen MR) is 61.9 cm³/mol. The van der Waals surface area contributed by atoms with Gasteiger partial charge in [0.1, 0.15) is 0 Å². The molecule has 92 valence electrons. The number of amides is 1. The van der Waals surface area contributed by atoms with E-state index >= 15 is 0 Å². The Morgan fingerprint density at radius 3 is 2.82 bits per heavy atom. The van der Waals surface area contributed by atoms with Crippen LogP contribution in [0.2, 0.25) is 0 Å². The molecule has 0 spiro atoms. The number of hydrogen-bond donors (Lipinski definition) is 1. The first-order valence-corrected chi connectivity index (χ1v) is 5.60. The molecule has 7 nitrogen and oxygen atoms in total. The summed E-state index contributed by atoms with van der Waals surface area (Å²) in [6.45, 7) is 1.62. The molecule has 2 rings (SSSR count). The number of aromatic amines is 1. The highest BCUT2D eigenvalue weighted by Gasteiger charge is 2.23. The third kappa shape index (κ3) is 2.61. The SMILES string of the molecule is CN(C)N=Nc1nc[nH]c1C(=O)N1CCCC1. The van der Waals surface area contributed by atoms with Crippen molar-refractivity contribution >= 4 is 11.7 Å². The number of nitrogens with one attached hydrogen (secondary N) is 1. The summed E-state index contributed by atoms with van der Waals surface area (Å²) in [5, 5.41) is 9.32. The smallest absolute Gasteiger partial charge is 0.274 e. The van der Waals surface area contributed by atoms with Crippen LogP contribution >= 0.6 is 0 Å². The summed E-state index contributed by atoms with van der Waals surface area (Å²) in [6.07, 6.45) is 3.59. The van der Waals surface area contributed by atoms with Gasteiger partial charge in [-0.25, -0.2) is 4.98 Å². The van der Waals surface area contributed by atoms with Crippen molar-refractivity contribution < 1.29 is 4.79 Å². The first-order valence-electron chi connectivity index (χ1n) is 5.60. The number of carbonyl (C=O) groups excluding carboxylic acids is 1. The van der Waals surface area contributed by atoms with E-state index in [0.29, 0.717) is 11.5 Å². The minimum absolute atomic E-state index is 0.0484. The van der Waals surface area contributed by atoms with Crippen molar-refractivity contribution in [2.24, 2.45) is 10.3 Å². The first kappa shape index (κ1) is 11.6. The van der Waals surface area contributed by atoms with Crippen LogP contribution in [0.4, 0.5) is 5.82 Å². The van der Waals surface area contributed by atoms with E-state index < -0.39 is 0 Å². The average molecular weight is 236 g/mol. The molecule has 1 aliphatic rings. The highest BCUT2D eigenvalue weighted by atomic mass is 16.2. The highest BCUT2D eigenvalue weighted by molar-refractivity contribution is 5.96. The van der Waals surface area contributed by atoms with Gasteiger partial charge in [0.25, 0.3) is 5.91 Å². The third-order valence-electron chi connectivity index (χ3n) is 2.54. The van der Waals surface area contributed by atoms with Gasteiger partial charge in [0.15, 0.2) is 5.69 Å². The van der Waals surface area contributed by atoms with Crippen molar-refractivity contribution in [2.75, 3.05) is 27.2 Å². The molecule has 0 saturated carbocycles. The summed E-state index contributed by atoms with van der Waals surface area (Å²) in [5.74, 6) is 0.295. The number of nitrogens with zero attached hydrogens (tertiary/aromatic N) is 5. The average Bonchev–Trinajstić information content (AvgIpc) is 2.96. The van der Waals surface area contributed by atoms with Gasteiger partial charge in [-0.3, -0.25) is 9.80 Å². The van der Waals surface area contributed by atoms with Gasteiger partial charge in [0.05, 0.1) is 6.33 Å². The Bertz CT molecular complexity index is 418. The first-order chi connectivity index (χ1) is 8.18. The maximum absolute atomic E-state index is 12.1. The van der Waals surface area contributed by atoms with Gasteiger partial charge < -0.3 is 9.88 Å². The van der Waals surface area contributed by atoms with Crippen molar-refractivity contribution in [1.29, 1.82) is 0 Å². The van der Waals surface area contributed by atoms with Crippen LogP contribution < -0.4 is 0 Å². The zero-order valence-corrected chi connectivity index (χ0v) is 10.1. The lowest BCUT2D eigenvalue weighted by Crippen LogP contribution is -2.27. The van der Waals surface area contributed by atoms with Gasteiger partial charge >= 0.3 is 0 Å². The van der Waals surface area contributed by atoms with Crippen LogP contribution in [-0.2, 0) is 0 Å². The fourth-order valence-electron chi connectivity index (χ4n) is 1.73. The van der Waals surface area contributed by atoms with Crippen molar-refractivity contribution in [3.8, 4) is 0 Å². The number of carbonyl (C=O) groups is 1. The van der Waals surface area contributed by atoms with Crippen molar-refractivity contribution in [3.63, 3.8) is 0 Å². The molecule has 7 heteroatoms. The number of likely N-dealkylation sites (tertiary alicyclic amines) is 1. The fraction of sp³-hybridized carbons (Fsp3) is 0.600. The summed E-state index contributed by atoms with van der Waals surface area (Å²) < 4.78 is 0. The minimum atomic E-state index is -0.0484. The monoisotopic (exact) mass is 236 g/mol. The summed E-state index contributed by atoms with van der Waals surface area (Å²) in [5.41, 5.74) is 0.414. The molecule has 0 aromatic carbocycles. The molecule has 1 amide bonds. The van der Waals surface area contributed by atoms with E-state index in [1.807, 2.05) is 4.90 Å². The van der Waals surface area contributed by atoms with Gasteiger partial charge in [-0.1, -0.05) is 5.22 Å². The zero-order valence-electron chi connectivity index (χ0n) is 10.1. The van der Waals surface area contributed by atoms with E-state index in [0.717, 1.165) is 25.9 Å². The summed E-state index contributed by atoms with van der Waals surface area (Å²) in [7, 11) is 3.52. The molecule has 2 heterocycles. The van der Waals surface area contributed by atoms with Crippen LogP contribution in [0.1, 0.15) is 23.3 Å². The van der Waals surface area contributed by atoms with Crippen LogP contribution in [0.3, 0.4) is 0 Å². The van der Waals surface area contributed by atoms with E-state index in [2.05, 4.69) is 20.3 Å². The molecule has 0 unspecified atom stereocenters. The number of rotatable bonds is 3. The van der Waals surface area contributed by atoms with Gasteiger partial charge in [-0.05, 0) is 12.8 Å². The molecule has 1 saturated heterocycles. The van der Waals surface area contributed by atoms with Gasteiger partial charge in [0, 0.05) is 27.2 Å². The molecular formula is C10H16N6O. The third-order valence-corrected chi connectivity index (χ3v) is 2.54. The number of H-pyrrole nitrogens is 1. The van der Waals surface area contributed by atoms with Gasteiger partial charge in [-0.2, -0.15) is 0 Å². The molecule has 1 fully saturated rings. The Morgan fingerprint density at radius 1 is 1.47 bits per heavy atom. The van der Waals surface area contributed by atoms with E-state index in [9.17, 15) is 4.79 Å². The lowest BCUT2D eigenvalue weighted by atomic mass is 10.4. The van der Waals surface area contributed by atoms with E-state index in [-0.39, 0.29) is 5.91 Å². The topological polar surface area (TPSA) is 77.0 Å². The predicted octanol–water partition coefficient (Wildman–Crippen LogP) is 1.21. The second kappa shape index (κ2) is 4.94. The molecule has 17 heavy (non-hydrogen) atoms. The standard InChI is InChI=1S/C10H16N6O/c1-15(2)14-13-9-8(11-7-12-9)10(17)16-5-3-4-6-16/h7H,3-6H2,1-2H3,(H,11,12). The van der Waals surface area contributed by atoms with Crippen LogP contribution in [-0.4, -0.2) is 53.0 Å². The maximum Gasteiger partial charge on any atom is 0.274 e. The minimum Gasteiger partial charge on any atom is -0.339 e. The normalized spacial score (nSPS) is 15.8. The van der Waals surface area contributed by atoms with Crippen LogP contribution in [0.5, 0.6) is 0 Å². The largest absolute Gasteiger partial charge is 0.339 e. The Morgan fingerprint density at radius 2 is 2.18 bits per heavy atom. The van der Waals surface area contributed by atoms with Crippen molar-refractivity contribution in [2.45, 2.75) is 12.8 Å². The Balaban J connectivity index is 2.15. The maximum atomic E-state index is 12.1. The molecular weight excluding hydrogens is 220 g/mol. The van der Waals surface area contributed by atoms with Gasteiger partial charge in [-0.15, -0.1) is 5.11 Å². The molecule has 1 aliphatic heterocycles. The zero-order chi connectivity index (χ0) is 12.3. The second-order valence-electron chi connectivity index (χ2n) is 4.14. The summed E-state index contributed by atoms with van der Waals surface area (Å²) >= 11 is 0. The molecule has 0 atom stereocenters. The number of hydrogen-bond acceptors (Lipinski definition) is 4. The van der Waals surface area contributed by atoms with Crippen molar-refractivity contribution in [3.05, 3.63) is 12.0 Å². The Labute approximate surface area is 99.5 Å². The van der Waals surface area contributed by atoms with Crippen LogP contribution in [0.25, 0.3) is 0 Å². The van der Waals surface area contributed by atoms with Crippen molar-refractivity contribution in [1.82, 2.24) is 19.9 Å². The van der Waals surface area contributed by atoms with Crippen LogP contribution in [0.15, 0.2) is 16.7 Å². The van der Waals surface area contributed by atoms with E-state index in [1.54, 1.807) is 19.1 Å². The Kier molecular flexibility index (Phi) is 3.36. The quantitative estimate of drug-likeness (QED) is 0.633. The Hall–Kier alpha value is -1.92. The molecule has 1 aromatic heterocycles. The molecule has 1 N–H and O–H groups in total. The molecule has 0 bridgehead atoms. The number of imidazole rings is 1. The lowest BCUT2D eigenvalue weighted by Gasteiger charge is -2.13. The van der Waals surface area contributed by atoms with E-state index in [4.69, 9.17) is 0 Å².